The minimum atomic E-state index is 0.525. The first-order valence-corrected chi connectivity index (χ1v) is 7.10. The molecule has 0 bridgehead atoms. The SMILES string of the molecule is Cc1nc2ccccn2c1N=Nc1ccc(C(C)C)cc1. The summed E-state index contributed by atoms with van der Waals surface area (Å²) in [5, 5.41) is 8.69. The number of hydrogen-bond acceptors (Lipinski definition) is 3. The van der Waals surface area contributed by atoms with Crippen molar-refractivity contribution in [2.24, 2.45) is 10.2 Å². The fourth-order valence-electron chi connectivity index (χ4n) is 2.25. The number of nitrogens with zero attached hydrogens (tertiary/aromatic N) is 4. The van der Waals surface area contributed by atoms with E-state index < -0.39 is 0 Å². The number of fused-ring (bicyclic) bond motifs is 1. The Morgan fingerprint density at radius 1 is 1.00 bits per heavy atom. The first kappa shape index (κ1) is 13.5. The second-order valence-electron chi connectivity index (χ2n) is 5.40. The molecule has 0 aliphatic rings. The smallest absolute Gasteiger partial charge is 0.182 e. The third kappa shape index (κ3) is 2.70. The van der Waals surface area contributed by atoms with Gasteiger partial charge in [0.2, 0.25) is 0 Å². The topological polar surface area (TPSA) is 42.0 Å². The highest BCUT2D eigenvalue weighted by Crippen LogP contribution is 2.24. The van der Waals surface area contributed by atoms with Gasteiger partial charge in [-0.3, -0.25) is 4.40 Å². The molecule has 0 saturated heterocycles. The van der Waals surface area contributed by atoms with Gasteiger partial charge in [0.05, 0.1) is 11.4 Å². The van der Waals surface area contributed by atoms with Gasteiger partial charge in [-0.1, -0.05) is 32.0 Å². The number of rotatable bonds is 3. The molecule has 4 heteroatoms. The maximum Gasteiger partial charge on any atom is 0.182 e. The Bertz CT molecular complexity index is 782. The Labute approximate surface area is 124 Å². The molecule has 2 aromatic heterocycles. The van der Waals surface area contributed by atoms with E-state index in [1.807, 2.05) is 47.9 Å². The average Bonchev–Trinajstić information content (AvgIpc) is 2.81. The van der Waals surface area contributed by atoms with Crippen molar-refractivity contribution in [1.82, 2.24) is 9.38 Å². The fourth-order valence-corrected chi connectivity index (χ4v) is 2.25. The molecule has 1 aromatic carbocycles. The van der Waals surface area contributed by atoms with Crippen molar-refractivity contribution in [3.63, 3.8) is 0 Å². The normalized spacial score (nSPS) is 11.8. The van der Waals surface area contributed by atoms with Gasteiger partial charge in [0.1, 0.15) is 5.65 Å². The van der Waals surface area contributed by atoms with Crippen LogP contribution in [0.4, 0.5) is 11.5 Å². The number of aryl methyl sites for hydroxylation is 1. The lowest BCUT2D eigenvalue weighted by Gasteiger charge is -2.03. The Morgan fingerprint density at radius 3 is 2.48 bits per heavy atom. The Balaban J connectivity index is 1.92. The van der Waals surface area contributed by atoms with Gasteiger partial charge >= 0.3 is 0 Å². The standard InChI is InChI=1S/C17H18N4/c1-12(2)14-7-9-15(10-8-14)19-20-17-13(3)18-16-6-4-5-11-21(16)17/h4-12H,1-3H3. The number of azo groups is 1. The van der Waals surface area contributed by atoms with Crippen molar-refractivity contribution in [1.29, 1.82) is 0 Å². The van der Waals surface area contributed by atoms with Gasteiger partial charge in [0, 0.05) is 6.20 Å². The summed E-state index contributed by atoms with van der Waals surface area (Å²) < 4.78 is 1.95. The monoisotopic (exact) mass is 278 g/mol. The van der Waals surface area contributed by atoms with Gasteiger partial charge in [0.25, 0.3) is 0 Å². The molecule has 0 amide bonds. The number of pyridine rings is 1. The van der Waals surface area contributed by atoms with Crippen molar-refractivity contribution < 1.29 is 0 Å². The molecular weight excluding hydrogens is 260 g/mol. The molecule has 3 rings (SSSR count). The zero-order chi connectivity index (χ0) is 14.8. The van der Waals surface area contributed by atoms with Crippen LogP contribution in [0.25, 0.3) is 5.65 Å². The lowest BCUT2D eigenvalue weighted by Crippen LogP contribution is -1.84. The molecule has 2 heterocycles. The van der Waals surface area contributed by atoms with Gasteiger partial charge in [-0.25, -0.2) is 4.98 Å². The summed E-state index contributed by atoms with van der Waals surface area (Å²) in [5.41, 5.74) is 3.92. The molecule has 0 aliphatic carbocycles. The quantitative estimate of drug-likeness (QED) is 0.608. The lowest BCUT2D eigenvalue weighted by atomic mass is 10.0. The molecule has 0 spiro atoms. The highest BCUT2D eigenvalue weighted by atomic mass is 15.2. The number of aromatic nitrogens is 2. The van der Waals surface area contributed by atoms with E-state index in [1.54, 1.807) is 0 Å². The van der Waals surface area contributed by atoms with Crippen molar-refractivity contribution >= 4 is 17.2 Å². The zero-order valence-corrected chi connectivity index (χ0v) is 12.5. The molecule has 0 atom stereocenters. The minimum absolute atomic E-state index is 0.525. The Kier molecular flexibility index (Phi) is 3.52. The zero-order valence-electron chi connectivity index (χ0n) is 12.5. The van der Waals surface area contributed by atoms with Crippen LogP contribution in [0.5, 0.6) is 0 Å². The number of benzene rings is 1. The third-order valence-electron chi connectivity index (χ3n) is 3.49. The second-order valence-corrected chi connectivity index (χ2v) is 5.40. The predicted molar refractivity (Wildman–Crippen MR) is 84.6 cm³/mol. The Morgan fingerprint density at radius 2 is 1.76 bits per heavy atom. The van der Waals surface area contributed by atoms with Crippen LogP contribution in [0.2, 0.25) is 0 Å². The van der Waals surface area contributed by atoms with E-state index in [1.165, 1.54) is 5.56 Å². The third-order valence-corrected chi connectivity index (χ3v) is 3.49. The summed E-state index contributed by atoms with van der Waals surface area (Å²) in [7, 11) is 0. The van der Waals surface area contributed by atoms with E-state index in [9.17, 15) is 0 Å². The van der Waals surface area contributed by atoms with E-state index >= 15 is 0 Å². The van der Waals surface area contributed by atoms with Crippen LogP contribution in [0.1, 0.15) is 31.0 Å². The summed E-state index contributed by atoms with van der Waals surface area (Å²) in [6.45, 7) is 6.31. The van der Waals surface area contributed by atoms with E-state index in [0.717, 1.165) is 22.8 Å². The van der Waals surface area contributed by atoms with Crippen LogP contribution >= 0.6 is 0 Å². The summed E-state index contributed by atoms with van der Waals surface area (Å²) in [6.07, 6.45) is 1.95. The highest BCUT2D eigenvalue weighted by molar-refractivity contribution is 5.51. The molecule has 21 heavy (non-hydrogen) atoms. The summed E-state index contributed by atoms with van der Waals surface area (Å²) in [5.74, 6) is 1.30. The van der Waals surface area contributed by atoms with Crippen LogP contribution < -0.4 is 0 Å². The highest BCUT2D eigenvalue weighted by Gasteiger charge is 2.06. The maximum atomic E-state index is 4.47. The average molecular weight is 278 g/mol. The predicted octanol–water partition coefficient (Wildman–Crippen LogP) is 5.18. The summed E-state index contributed by atoms with van der Waals surface area (Å²) in [4.78, 5) is 4.47. The number of hydrogen-bond donors (Lipinski definition) is 0. The molecule has 0 unspecified atom stereocenters. The van der Waals surface area contributed by atoms with E-state index in [0.29, 0.717) is 5.92 Å². The first-order valence-electron chi connectivity index (χ1n) is 7.10. The first-order chi connectivity index (χ1) is 10.1. The van der Waals surface area contributed by atoms with Gasteiger partial charge in [-0.2, -0.15) is 0 Å². The van der Waals surface area contributed by atoms with E-state index in [-0.39, 0.29) is 0 Å². The van der Waals surface area contributed by atoms with Crippen LogP contribution in [0, 0.1) is 6.92 Å². The molecule has 4 nitrogen and oxygen atoms in total. The molecule has 0 fully saturated rings. The van der Waals surface area contributed by atoms with Crippen molar-refractivity contribution in [3.8, 4) is 0 Å². The van der Waals surface area contributed by atoms with Crippen molar-refractivity contribution in [2.75, 3.05) is 0 Å². The maximum absolute atomic E-state index is 4.47. The second kappa shape index (κ2) is 5.48. The van der Waals surface area contributed by atoms with E-state index in [4.69, 9.17) is 0 Å². The van der Waals surface area contributed by atoms with Gasteiger partial charge in [0.15, 0.2) is 5.82 Å². The van der Waals surface area contributed by atoms with Crippen LogP contribution in [0.3, 0.4) is 0 Å². The summed E-state index contributed by atoms with van der Waals surface area (Å²) >= 11 is 0. The molecule has 3 aromatic rings. The fraction of sp³-hybridized carbons (Fsp3) is 0.235. The molecule has 0 saturated carbocycles. The van der Waals surface area contributed by atoms with Crippen LogP contribution in [-0.4, -0.2) is 9.38 Å². The molecule has 0 radical (unpaired) electrons. The molecule has 0 N–H and O–H groups in total. The molecule has 0 aliphatic heterocycles. The Hall–Kier alpha value is -2.49. The number of imidazole rings is 1. The van der Waals surface area contributed by atoms with E-state index in [2.05, 4.69) is 41.2 Å². The van der Waals surface area contributed by atoms with Gasteiger partial charge in [-0.15, -0.1) is 10.2 Å². The molecular formula is C17H18N4. The van der Waals surface area contributed by atoms with Gasteiger partial charge < -0.3 is 0 Å². The lowest BCUT2D eigenvalue weighted by molar-refractivity contribution is 0.866. The molecule has 106 valence electrons. The van der Waals surface area contributed by atoms with Gasteiger partial charge in [-0.05, 0) is 42.7 Å². The van der Waals surface area contributed by atoms with Crippen molar-refractivity contribution in [2.45, 2.75) is 26.7 Å². The van der Waals surface area contributed by atoms with Crippen LogP contribution in [-0.2, 0) is 0 Å². The minimum Gasteiger partial charge on any atom is -0.283 e. The van der Waals surface area contributed by atoms with Crippen molar-refractivity contribution in [3.05, 3.63) is 59.9 Å². The summed E-state index contributed by atoms with van der Waals surface area (Å²) in [6, 6.07) is 14.1. The van der Waals surface area contributed by atoms with Crippen LogP contribution in [0.15, 0.2) is 58.9 Å². The largest absolute Gasteiger partial charge is 0.283 e.